The maximum atomic E-state index is 13.4. The van der Waals surface area contributed by atoms with Crippen LogP contribution in [0, 0.1) is 7.14 Å². The fourth-order valence-corrected chi connectivity index (χ4v) is 4.60. The number of carbonyl (C=O) groups is 3. The molecular formula is C18H10F4I2O8S. The van der Waals surface area contributed by atoms with Crippen molar-refractivity contribution in [2.75, 3.05) is 0 Å². The summed E-state index contributed by atoms with van der Waals surface area (Å²) in [4.78, 5) is 34.5. The molecule has 0 spiro atoms. The summed E-state index contributed by atoms with van der Waals surface area (Å²) in [6, 6.07) is 7.64. The third kappa shape index (κ3) is 5.99. The van der Waals surface area contributed by atoms with Crippen molar-refractivity contribution in [1.82, 2.24) is 0 Å². The van der Waals surface area contributed by atoms with Crippen molar-refractivity contribution >= 4 is 73.5 Å². The van der Waals surface area contributed by atoms with Gasteiger partial charge in [-0.2, -0.15) is 26.0 Å². The number of rotatable bonds is 8. The predicted molar refractivity (Wildman–Crippen MR) is 120 cm³/mol. The number of hydrogen-bond acceptors (Lipinski definition) is 7. The zero-order valence-corrected chi connectivity index (χ0v) is 20.9. The van der Waals surface area contributed by atoms with E-state index in [1.807, 2.05) is 45.2 Å². The van der Waals surface area contributed by atoms with E-state index in [2.05, 4.69) is 4.74 Å². The van der Waals surface area contributed by atoms with Crippen LogP contribution in [-0.2, 0) is 26.3 Å². The van der Waals surface area contributed by atoms with E-state index in [1.54, 1.807) is 0 Å². The average molecular weight is 716 g/mol. The van der Waals surface area contributed by atoms with Crippen molar-refractivity contribution in [3.63, 3.8) is 0 Å². The molecule has 0 unspecified atom stereocenters. The number of ether oxygens (including phenoxy) is 2. The van der Waals surface area contributed by atoms with Crippen LogP contribution in [0.4, 0.5) is 17.6 Å². The maximum Gasteiger partial charge on any atom is 0.443 e. The van der Waals surface area contributed by atoms with Crippen LogP contribution in [0.1, 0.15) is 26.3 Å². The van der Waals surface area contributed by atoms with Gasteiger partial charge in [0, 0.05) is 5.56 Å². The molecule has 33 heavy (non-hydrogen) atoms. The first-order valence-electron chi connectivity index (χ1n) is 8.27. The van der Waals surface area contributed by atoms with Crippen molar-refractivity contribution in [3.05, 3.63) is 60.2 Å². The Morgan fingerprint density at radius 1 is 1.03 bits per heavy atom. The SMILES string of the molecule is O=Cc1cc(I)c(OC(=O)c2ccc(COC(=O)C(F)(F)C(F)(F)S(=O)(=O)O)cc2)c(I)c1. The van der Waals surface area contributed by atoms with Crippen LogP contribution in [0.5, 0.6) is 5.75 Å². The maximum absolute atomic E-state index is 13.4. The van der Waals surface area contributed by atoms with Crippen molar-refractivity contribution in [3.8, 4) is 5.75 Å². The predicted octanol–water partition coefficient (Wildman–Crippen LogP) is 4.09. The molecule has 15 heteroatoms. The van der Waals surface area contributed by atoms with Gasteiger partial charge in [-0.3, -0.25) is 9.35 Å². The molecule has 0 saturated carbocycles. The summed E-state index contributed by atoms with van der Waals surface area (Å²) in [5.41, 5.74) is 0.368. The molecule has 0 saturated heterocycles. The van der Waals surface area contributed by atoms with E-state index in [0.29, 0.717) is 19.0 Å². The molecule has 0 radical (unpaired) electrons. The number of alkyl halides is 4. The van der Waals surface area contributed by atoms with Crippen molar-refractivity contribution in [2.24, 2.45) is 0 Å². The smallest absolute Gasteiger partial charge is 0.443 e. The molecule has 0 amide bonds. The summed E-state index contributed by atoms with van der Waals surface area (Å²) < 4.78 is 92.6. The summed E-state index contributed by atoms with van der Waals surface area (Å²) in [5.74, 6) is -9.34. The molecule has 0 aromatic heterocycles. The van der Waals surface area contributed by atoms with Crippen LogP contribution in [0.15, 0.2) is 36.4 Å². The van der Waals surface area contributed by atoms with Crippen molar-refractivity contribution in [1.29, 1.82) is 0 Å². The average Bonchev–Trinajstić information content (AvgIpc) is 2.73. The first-order chi connectivity index (χ1) is 15.1. The minimum Gasteiger partial charge on any atom is -0.456 e. The molecule has 0 bridgehead atoms. The van der Waals surface area contributed by atoms with E-state index in [9.17, 15) is 40.4 Å². The molecule has 2 aromatic carbocycles. The van der Waals surface area contributed by atoms with Gasteiger partial charge in [0.1, 0.15) is 12.9 Å². The van der Waals surface area contributed by atoms with Crippen molar-refractivity contribution < 1.29 is 54.4 Å². The number of benzene rings is 2. The Morgan fingerprint density at radius 3 is 2.00 bits per heavy atom. The number of hydrogen-bond donors (Lipinski definition) is 1. The van der Waals surface area contributed by atoms with Crippen molar-refractivity contribution in [2.45, 2.75) is 17.8 Å². The van der Waals surface area contributed by atoms with E-state index < -0.39 is 39.8 Å². The Bertz CT molecular complexity index is 1180. The van der Waals surface area contributed by atoms with Gasteiger partial charge in [-0.15, -0.1) is 0 Å². The first kappa shape index (κ1) is 27.4. The molecule has 0 fully saturated rings. The number of halogens is 6. The van der Waals surface area contributed by atoms with E-state index in [0.717, 1.165) is 12.1 Å². The van der Waals surface area contributed by atoms with Gasteiger partial charge in [0.2, 0.25) is 0 Å². The molecule has 1 N–H and O–H groups in total. The molecule has 0 aliphatic carbocycles. The number of esters is 2. The minimum atomic E-state index is -6.59. The van der Waals surface area contributed by atoms with Gasteiger partial charge in [-0.25, -0.2) is 9.59 Å². The quantitative estimate of drug-likeness (QED) is 0.108. The largest absolute Gasteiger partial charge is 0.456 e. The highest BCUT2D eigenvalue weighted by molar-refractivity contribution is 14.1. The van der Waals surface area contributed by atoms with Crippen LogP contribution in [0.3, 0.4) is 0 Å². The second-order valence-electron chi connectivity index (χ2n) is 6.16. The molecule has 178 valence electrons. The van der Waals surface area contributed by atoms with Crippen LogP contribution >= 0.6 is 45.2 Å². The van der Waals surface area contributed by atoms with Crippen LogP contribution in [0.2, 0.25) is 0 Å². The molecule has 0 heterocycles. The molecule has 2 rings (SSSR count). The highest BCUT2D eigenvalue weighted by atomic mass is 127. The monoisotopic (exact) mass is 716 g/mol. The third-order valence-electron chi connectivity index (χ3n) is 3.86. The van der Waals surface area contributed by atoms with Crippen LogP contribution < -0.4 is 4.74 Å². The van der Waals surface area contributed by atoms with Gasteiger partial charge in [0.15, 0.2) is 5.75 Å². The molecular weight excluding hydrogens is 706 g/mol. The lowest BCUT2D eigenvalue weighted by Crippen LogP contribution is -2.52. The highest BCUT2D eigenvalue weighted by Crippen LogP contribution is 2.39. The van der Waals surface area contributed by atoms with Crippen LogP contribution in [-0.4, -0.2) is 42.4 Å². The topological polar surface area (TPSA) is 124 Å². The molecule has 0 atom stereocenters. The van der Waals surface area contributed by atoms with Gasteiger partial charge >= 0.3 is 33.2 Å². The van der Waals surface area contributed by atoms with Gasteiger partial charge in [-0.1, -0.05) is 12.1 Å². The lowest BCUT2D eigenvalue weighted by molar-refractivity contribution is -0.206. The Morgan fingerprint density at radius 2 is 1.55 bits per heavy atom. The number of carbonyl (C=O) groups excluding carboxylic acids is 3. The van der Waals surface area contributed by atoms with Gasteiger partial charge in [-0.05, 0) is 75.0 Å². The minimum absolute atomic E-state index is 0.000576. The molecule has 0 aliphatic rings. The zero-order chi connectivity index (χ0) is 25.2. The molecule has 2 aromatic rings. The van der Waals surface area contributed by atoms with Gasteiger partial charge in [0.25, 0.3) is 0 Å². The Balaban J connectivity index is 2.08. The van der Waals surface area contributed by atoms with E-state index in [1.165, 1.54) is 24.3 Å². The normalized spacial score (nSPS) is 12.2. The second-order valence-corrected chi connectivity index (χ2v) is 9.95. The standard InChI is InChI=1S/C18H10F4I2O8S/c19-17(20,18(21,22)33(28,29)30)16(27)31-8-9-1-3-11(4-2-9)15(26)32-14-12(23)5-10(7-25)6-13(14)24/h1-7H,8H2,(H,28,29,30). The Labute approximate surface area is 210 Å². The van der Waals surface area contributed by atoms with E-state index in [4.69, 9.17) is 9.29 Å². The van der Waals surface area contributed by atoms with Gasteiger partial charge < -0.3 is 9.47 Å². The second kappa shape index (κ2) is 10.2. The summed E-state index contributed by atoms with van der Waals surface area (Å²) in [7, 11) is -6.59. The number of aldehydes is 1. The third-order valence-corrected chi connectivity index (χ3v) is 6.36. The van der Waals surface area contributed by atoms with Crippen LogP contribution in [0.25, 0.3) is 0 Å². The molecule has 0 aliphatic heterocycles. The summed E-state index contributed by atoms with van der Waals surface area (Å²) in [5, 5.41) is -6.09. The Kier molecular flexibility index (Phi) is 8.45. The summed E-state index contributed by atoms with van der Waals surface area (Å²) in [6.45, 7) is -0.964. The Hall–Kier alpha value is -1.86. The van der Waals surface area contributed by atoms with Gasteiger partial charge in [0.05, 0.1) is 12.7 Å². The lowest BCUT2D eigenvalue weighted by atomic mass is 10.1. The van der Waals surface area contributed by atoms with E-state index in [-0.39, 0.29) is 16.9 Å². The lowest BCUT2D eigenvalue weighted by Gasteiger charge is -2.21. The zero-order valence-electron chi connectivity index (χ0n) is 15.7. The van der Waals surface area contributed by atoms with E-state index >= 15 is 0 Å². The summed E-state index contributed by atoms with van der Waals surface area (Å²) >= 11 is 3.74. The summed E-state index contributed by atoms with van der Waals surface area (Å²) in [6.07, 6.45) is 0.626. The molecule has 8 nitrogen and oxygen atoms in total. The first-order valence-corrected chi connectivity index (χ1v) is 11.9. The highest BCUT2D eigenvalue weighted by Gasteiger charge is 2.71. The fourth-order valence-electron chi connectivity index (χ4n) is 2.15. The fraction of sp³-hybridized carbons (Fsp3) is 0.167.